The molecule has 4 nitrogen and oxygen atoms in total. The summed E-state index contributed by atoms with van der Waals surface area (Å²) in [6.45, 7) is 0. The zero-order valence-electron chi connectivity index (χ0n) is 9.90. The summed E-state index contributed by atoms with van der Waals surface area (Å²) in [6, 6.07) is 2.12. The largest absolute Gasteiger partial charge is 0.480 e. The lowest BCUT2D eigenvalue weighted by atomic mass is 10.1. The Balaban J connectivity index is 2.58. The molecule has 0 heterocycles. The number of aliphatic carboxylic acids is 1. The Hall–Kier alpha value is -1.50. The standard InChI is InChI=1S/C12H12F2O4S/c13-9-4-3-8(7-10(9)14)19(17,18)12(11(15)16)5-1-2-6-12/h3-4,7H,1-2,5-6H2,(H,15,16). The summed E-state index contributed by atoms with van der Waals surface area (Å²) in [5.41, 5.74) is 0. The van der Waals surface area contributed by atoms with E-state index in [1.165, 1.54) is 0 Å². The topological polar surface area (TPSA) is 71.4 Å². The van der Waals surface area contributed by atoms with Crippen molar-refractivity contribution in [2.24, 2.45) is 0 Å². The third-order valence-corrected chi connectivity index (χ3v) is 6.00. The number of carboxylic acid groups (broad SMARTS) is 1. The molecule has 0 aliphatic heterocycles. The molecule has 0 radical (unpaired) electrons. The lowest BCUT2D eigenvalue weighted by Gasteiger charge is -2.23. The van der Waals surface area contributed by atoms with Crippen molar-refractivity contribution in [2.75, 3.05) is 0 Å². The van der Waals surface area contributed by atoms with E-state index in [1.54, 1.807) is 0 Å². The van der Waals surface area contributed by atoms with Crippen molar-refractivity contribution in [3.63, 3.8) is 0 Å². The van der Waals surface area contributed by atoms with E-state index in [4.69, 9.17) is 0 Å². The smallest absolute Gasteiger partial charge is 0.325 e. The number of rotatable bonds is 3. The lowest BCUT2D eigenvalue weighted by Crippen LogP contribution is -2.43. The maximum absolute atomic E-state index is 13.1. The Morgan fingerprint density at radius 1 is 1.16 bits per heavy atom. The lowest BCUT2D eigenvalue weighted by molar-refractivity contribution is -0.139. The second-order valence-corrected chi connectivity index (χ2v) is 6.85. The number of hydrogen-bond acceptors (Lipinski definition) is 3. The van der Waals surface area contributed by atoms with Crippen LogP contribution in [0.15, 0.2) is 23.1 Å². The first-order valence-electron chi connectivity index (χ1n) is 5.74. The van der Waals surface area contributed by atoms with Crippen molar-refractivity contribution in [2.45, 2.75) is 35.3 Å². The van der Waals surface area contributed by atoms with Crippen LogP contribution in [0.5, 0.6) is 0 Å². The predicted molar refractivity (Wildman–Crippen MR) is 62.4 cm³/mol. The van der Waals surface area contributed by atoms with Crippen molar-refractivity contribution < 1.29 is 27.1 Å². The summed E-state index contributed by atoms with van der Waals surface area (Å²) in [6.07, 6.45) is 0.942. The van der Waals surface area contributed by atoms with Crippen LogP contribution in [-0.2, 0) is 14.6 Å². The van der Waals surface area contributed by atoms with E-state index in [-0.39, 0.29) is 12.8 Å². The maximum atomic E-state index is 13.1. The van der Waals surface area contributed by atoms with Gasteiger partial charge in [0.2, 0.25) is 0 Å². The molecule has 0 unspecified atom stereocenters. The minimum atomic E-state index is -4.25. The van der Waals surface area contributed by atoms with Crippen molar-refractivity contribution in [1.29, 1.82) is 0 Å². The average Bonchev–Trinajstić information content (AvgIpc) is 2.83. The molecule has 1 saturated carbocycles. The van der Waals surface area contributed by atoms with Gasteiger partial charge in [0, 0.05) is 0 Å². The molecule has 104 valence electrons. The molecule has 1 aromatic rings. The van der Waals surface area contributed by atoms with Gasteiger partial charge in [-0.05, 0) is 31.0 Å². The molecule has 0 aromatic heterocycles. The highest BCUT2D eigenvalue weighted by atomic mass is 32.2. The van der Waals surface area contributed by atoms with Gasteiger partial charge in [-0.15, -0.1) is 0 Å². The highest BCUT2D eigenvalue weighted by Crippen LogP contribution is 2.40. The fourth-order valence-electron chi connectivity index (χ4n) is 2.41. The minimum Gasteiger partial charge on any atom is -0.480 e. The second kappa shape index (κ2) is 4.56. The van der Waals surface area contributed by atoms with Crippen molar-refractivity contribution in [3.8, 4) is 0 Å². The van der Waals surface area contributed by atoms with Gasteiger partial charge in [0.1, 0.15) is 0 Å². The number of sulfone groups is 1. The molecular weight excluding hydrogens is 278 g/mol. The summed E-state index contributed by atoms with van der Waals surface area (Å²) in [4.78, 5) is 10.9. The van der Waals surface area contributed by atoms with Crippen LogP contribution in [0.25, 0.3) is 0 Å². The monoisotopic (exact) mass is 290 g/mol. The van der Waals surface area contributed by atoms with Crippen LogP contribution < -0.4 is 0 Å². The number of carbonyl (C=O) groups is 1. The summed E-state index contributed by atoms with van der Waals surface area (Å²) in [5, 5.41) is 9.24. The van der Waals surface area contributed by atoms with E-state index >= 15 is 0 Å². The maximum Gasteiger partial charge on any atom is 0.325 e. The number of hydrogen-bond donors (Lipinski definition) is 1. The van der Waals surface area contributed by atoms with Crippen LogP contribution in [0, 0.1) is 11.6 Å². The van der Waals surface area contributed by atoms with Crippen LogP contribution in [0.4, 0.5) is 8.78 Å². The van der Waals surface area contributed by atoms with Gasteiger partial charge >= 0.3 is 5.97 Å². The van der Waals surface area contributed by atoms with Gasteiger partial charge in [0.15, 0.2) is 26.2 Å². The first kappa shape index (κ1) is 13.9. The predicted octanol–water partition coefficient (Wildman–Crippen LogP) is 2.14. The van der Waals surface area contributed by atoms with E-state index in [9.17, 15) is 27.1 Å². The molecule has 1 aliphatic rings. The normalized spacial score (nSPS) is 18.4. The SMILES string of the molecule is O=C(O)C1(S(=O)(=O)c2ccc(F)c(F)c2)CCCC1. The molecule has 1 aliphatic carbocycles. The second-order valence-electron chi connectivity index (χ2n) is 4.59. The molecule has 7 heteroatoms. The Morgan fingerprint density at radius 3 is 2.21 bits per heavy atom. The molecule has 0 amide bonds. The summed E-state index contributed by atoms with van der Waals surface area (Å²) in [7, 11) is -4.25. The highest BCUT2D eigenvalue weighted by molar-refractivity contribution is 7.93. The van der Waals surface area contributed by atoms with Crippen molar-refractivity contribution in [3.05, 3.63) is 29.8 Å². The van der Waals surface area contributed by atoms with Gasteiger partial charge in [0.05, 0.1) is 4.90 Å². The van der Waals surface area contributed by atoms with E-state index in [2.05, 4.69) is 0 Å². The van der Waals surface area contributed by atoms with Crippen LogP contribution in [0.2, 0.25) is 0 Å². The van der Waals surface area contributed by atoms with Crippen molar-refractivity contribution >= 4 is 15.8 Å². The first-order chi connectivity index (χ1) is 8.81. The van der Waals surface area contributed by atoms with E-state index in [1.807, 2.05) is 0 Å². The molecule has 0 spiro atoms. The van der Waals surface area contributed by atoms with Gasteiger partial charge in [-0.3, -0.25) is 4.79 Å². The third-order valence-electron chi connectivity index (χ3n) is 3.52. The zero-order chi connectivity index (χ0) is 14.3. The van der Waals surface area contributed by atoms with E-state index in [0.29, 0.717) is 25.0 Å². The molecule has 2 rings (SSSR count). The van der Waals surface area contributed by atoms with Crippen molar-refractivity contribution in [1.82, 2.24) is 0 Å². The average molecular weight is 290 g/mol. The van der Waals surface area contributed by atoms with Gasteiger partial charge in [-0.1, -0.05) is 12.8 Å². The number of halogens is 2. The molecule has 0 saturated heterocycles. The third kappa shape index (κ3) is 2.01. The van der Waals surface area contributed by atoms with Crippen LogP contribution in [0.1, 0.15) is 25.7 Å². The zero-order valence-corrected chi connectivity index (χ0v) is 10.7. The molecule has 1 fully saturated rings. The van der Waals surface area contributed by atoms with Crippen LogP contribution in [0.3, 0.4) is 0 Å². The summed E-state index contributed by atoms with van der Waals surface area (Å²) < 4.78 is 48.8. The molecular formula is C12H12F2O4S. The highest BCUT2D eigenvalue weighted by Gasteiger charge is 2.53. The quantitative estimate of drug-likeness (QED) is 0.866. The summed E-state index contributed by atoms with van der Waals surface area (Å²) >= 11 is 0. The number of benzene rings is 1. The van der Waals surface area contributed by atoms with E-state index < -0.39 is 37.1 Å². The molecule has 0 bridgehead atoms. The van der Waals surface area contributed by atoms with Gasteiger partial charge in [-0.25, -0.2) is 17.2 Å². The molecule has 19 heavy (non-hydrogen) atoms. The van der Waals surface area contributed by atoms with Gasteiger partial charge in [0.25, 0.3) is 0 Å². The Bertz CT molecular complexity index is 619. The van der Waals surface area contributed by atoms with E-state index in [0.717, 1.165) is 6.07 Å². The van der Waals surface area contributed by atoms with Crippen LogP contribution in [-0.4, -0.2) is 24.2 Å². The van der Waals surface area contributed by atoms with Gasteiger partial charge < -0.3 is 5.11 Å². The Morgan fingerprint density at radius 2 is 1.74 bits per heavy atom. The minimum absolute atomic E-state index is 0.0103. The van der Waals surface area contributed by atoms with Crippen LogP contribution >= 0.6 is 0 Å². The fourth-order valence-corrected chi connectivity index (χ4v) is 4.43. The molecule has 1 aromatic carbocycles. The molecule has 0 atom stereocenters. The fraction of sp³-hybridized carbons (Fsp3) is 0.417. The number of carboxylic acids is 1. The summed E-state index contributed by atoms with van der Waals surface area (Å²) in [5.74, 6) is -3.91. The first-order valence-corrected chi connectivity index (χ1v) is 7.23. The Kier molecular flexibility index (Phi) is 3.34. The Labute approximate surface area is 109 Å². The van der Waals surface area contributed by atoms with Gasteiger partial charge in [-0.2, -0.15) is 0 Å². The molecule has 1 N–H and O–H groups in total.